The van der Waals surface area contributed by atoms with E-state index in [1.165, 1.54) is 11.3 Å². The highest BCUT2D eigenvalue weighted by Gasteiger charge is 2.10. The molecule has 26 heavy (non-hydrogen) atoms. The Morgan fingerprint density at radius 2 is 1.77 bits per heavy atom. The molecule has 0 saturated heterocycles. The van der Waals surface area contributed by atoms with E-state index in [9.17, 15) is 14.4 Å². The summed E-state index contributed by atoms with van der Waals surface area (Å²) in [5.74, 6) is -1.99. The number of esters is 2. The molecule has 0 bridgehead atoms. The smallest absolute Gasteiger partial charge is 0.331 e. The second-order valence-corrected chi connectivity index (χ2v) is 6.00. The molecular weight excluding hydrogens is 356 g/mol. The van der Waals surface area contributed by atoms with Crippen LogP contribution in [-0.4, -0.2) is 36.0 Å². The molecule has 0 aliphatic heterocycles. The van der Waals surface area contributed by atoms with Crippen LogP contribution in [0.5, 0.6) is 0 Å². The largest absolute Gasteiger partial charge is 0.463 e. The van der Waals surface area contributed by atoms with E-state index in [1.807, 2.05) is 36.6 Å². The SMILES string of the molecule is CCOC(=O)/C=C/C(=O)OCC(=O)Nc1nc(-c2ccc(C)cc2)cs1. The van der Waals surface area contributed by atoms with Crippen molar-refractivity contribution in [2.75, 3.05) is 18.5 Å². The first-order valence-electron chi connectivity index (χ1n) is 7.82. The van der Waals surface area contributed by atoms with Crippen LogP contribution >= 0.6 is 11.3 Å². The quantitative estimate of drug-likeness (QED) is 0.591. The molecule has 2 aromatic rings. The molecule has 0 aliphatic carbocycles. The van der Waals surface area contributed by atoms with E-state index < -0.39 is 24.5 Å². The van der Waals surface area contributed by atoms with Gasteiger partial charge in [0.2, 0.25) is 0 Å². The van der Waals surface area contributed by atoms with Gasteiger partial charge in [0.15, 0.2) is 11.7 Å². The number of hydrogen-bond donors (Lipinski definition) is 1. The summed E-state index contributed by atoms with van der Waals surface area (Å²) >= 11 is 1.27. The normalized spacial score (nSPS) is 10.5. The Bertz CT molecular complexity index is 811. The van der Waals surface area contributed by atoms with Crippen LogP contribution in [0.3, 0.4) is 0 Å². The number of rotatable bonds is 7. The van der Waals surface area contributed by atoms with Crippen molar-refractivity contribution in [2.45, 2.75) is 13.8 Å². The number of nitrogens with zero attached hydrogens (tertiary/aromatic N) is 1. The molecule has 8 heteroatoms. The summed E-state index contributed by atoms with van der Waals surface area (Å²) in [5.41, 5.74) is 2.85. The first-order valence-corrected chi connectivity index (χ1v) is 8.70. The Labute approximate surface area is 154 Å². The Balaban J connectivity index is 1.82. The lowest BCUT2D eigenvalue weighted by atomic mass is 10.1. The molecule has 0 spiro atoms. The van der Waals surface area contributed by atoms with Gasteiger partial charge in [-0.15, -0.1) is 11.3 Å². The van der Waals surface area contributed by atoms with Gasteiger partial charge in [0, 0.05) is 23.1 Å². The zero-order chi connectivity index (χ0) is 18.9. The number of nitrogens with one attached hydrogen (secondary N) is 1. The maximum absolute atomic E-state index is 11.8. The third kappa shape index (κ3) is 6.14. The number of benzene rings is 1. The fourth-order valence-electron chi connectivity index (χ4n) is 1.85. The molecule has 136 valence electrons. The number of aromatic nitrogens is 1. The van der Waals surface area contributed by atoms with Gasteiger partial charge < -0.3 is 9.47 Å². The van der Waals surface area contributed by atoms with Crippen molar-refractivity contribution in [1.82, 2.24) is 4.98 Å². The summed E-state index contributed by atoms with van der Waals surface area (Å²) in [6, 6.07) is 7.87. The summed E-state index contributed by atoms with van der Waals surface area (Å²) in [6.07, 6.45) is 1.85. The number of anilines is 1. The average Bonchev–Trinajstić information content (AvgIpc) is 3.07. The summed E-state index contributed by atoms with van der Waals surface area (Å²) in [6.45, 7) is 3.38. The van der Waals surface area contributed by atoms with Gasteiger partial charge in [-0.2, -0.15) is 0 Å². The molecule has 1 heterocycles. The lowest BCUT2D eigenvalue weighted by molar-refractivity contribution is -0.143. The van der Waals surface area contributed by atoms with Gasteiger partial charge in [-0.25, -0.2) is 14.6 Å². The van der Waals surface area contributed by atoms with Gasteiger partial charge in [-0.05, 0) is 13.8 Å². The first-order chi connectivity index (χ1) is 12.5. The van der Waals surface area contributed by atoms with Crippen LogP contribution in [0.4, 0.5) is 5.13 Å². The highest BCUT2D eigenvalue weighted by molar-refractivity contribution is 7.14. The zero-order valence-corrected chi connectivity index (χ0v) is 15.2. The van der Waals surface area contributed by atoms with Crippen LogP contribution in [-0.2, 0) is 23.9 Å². The van der Waals surface area contributed by atoms with Gasteiger partial charge in [-0.3, -0.25) is 10.1 Å². The molecule has 0 radical (unpaired) electrons. The topological polar surface area (TPSA) is 94.6 Å². The molecule has 0 saturated carbocycles. The van der Waals surface area contributed by atoms with Crippen LogP contribution in [0.1, 0.15) is 12.5 Å². The summed E-state index contributed by atoms with van der Waals surface area (Å²) in [7, 11) is 0. The van der Waals surface area contributed by atoms with Crippen molar-refractivity contribution < 1.29 is 23.9 Å². The monoisotopic (exact) mass is 374 g/mol. The fraction of sp³-hybridized carbons (Fsp3) is 0.222. The van der Waals surface area contributed by atoms with E-state index in [0.717, 1.165) is 29.0 Å². The second-order valence-electron chi connectivity index (χ2n) is 5.15. The minimum atomic E-state index is -0.812. The van der Waals surface area contributed by atoms with Crippen LogP contribution < -0.4 is 5.32 Å². The Hall–Kier alpha value is -3.00. The van der Waals surface area contributed by atoms with Crippen molar-refractivity contribution >= 4 is 34.3 Å². The maximum Gasteiger partial charge on any atom is 0.331 e. The summed E-state index contributed by atoms with van der Waals surface area (Å²) in [5, 5.41) is 4.79. The van der Waals surface area contributed by atoms with Crippen LogP contribution in [0.25, 0.3) is 11.3 Å². The molecule has 2 rings (SSSR count). The van der Waals surface area contributed by atoms with Crippen molar-refractivity contribution in [3.05, 3.63) is 47.4 Å². The molecular formula is C18H18N2O5S. The van der Waals surface area contributed by atoms with Gasteiger partial charge in [0.25, 0.3) is 5.91 Å². The third-order valence-corrected chi connectivity index (χ3v) is 3.84. The minimum Gasteiger partial charge on any atom is -0.463 e. The standard InChI is InChI=1S/C18H18N2O5S/c1-3-24-16(22)8-9-17(23)25-10-15(21)20-18-19-14(11-26-18)13-6-4-12(2)5-7-13/h4-9,11H,3,10H2,1-2H3,(H,19,20,21)/b9-8+. The Kier molecular flexibility index (Phi) is 7.04. The molecule has 0 atom stereocenters. The van der Waals surface area contributed by atoms with E-state index in [-0.39, 0.29) is 6.61 Å². The van der Waals surface area contributed by atoms with Gasteiger partial charge in [0.1, 0.15) is 0 Å². The molecule has 1 amide bonds. The molecule has 0 fully saturated rings. The fourth-order valence-corrected chi connectivity index (χ4v) is 2.59. The number of carbonyl (C=O) groups excluding carboxylic acids is 3. The van der Waals surface area contributed by atoms with Crippen LogP contribution in [0.2, 0.25) is 0 Å². The lowest BCUT2D eigenvalue weighted by Crippen LogP contribution is -2.20. The minimum absolute atomic E-state index is 0.207. The lowest BCUT2D eigenvalue weighted by Gasteiger charge is -2.02. The van der Waals surface area contributed by atoms with Crippen LogP contribution in [0.15, 0.2) is 41.8 Å². The van der Waals surface area contributed by atoms with Crippen molar-refractivity contribution in [2.24, 2.45) is 0 Å². The van der Waals surface area contributed by atoms with E-state index >= 15 is 0 Å². The number of hydrogen-bond acceptors (Lipinski definition) is 7. The van der Waals surface area contributed by atoms with E-state index in [2.05, 4.69) is 15.0 Å². The molecule has 7 nitrogen and oxygen atoms in total. The molecule has 1 N–H and O–H groups in total. The average molecular weight is 374 g/mol. The number of amides is 1. The summed E-state index contributed by atoms with van der Waals surface area (Å²) < 4.78 is 9.36. The second kappa shape index (κ2) is 9.47. The number of ether oxygens (including phenoxy) is 2. The van der Waals surface area contributed by atoms with E-state index in [4.69, 9.17) is 4.74 Å². The highest BCUT2D eigenvalue weighted by atomic mass is 32.1. The maximum atomic E-state index is 11.8. The molecule has 0 aliphatic rings. The molecule has 1 aromatic carbocycles. The Morgan fingerprint density at radius 1 is 1.12 bits per heavy atom. The summed E-state index contributed by atoms with van der Waals surface area (Å²) in [4.78, 5) is 38.6. The van der Waals surface area contributed by atoms with Gasteiger partial charge in [0.05, 0.1) is 12.3 Å². The number of aryl methyl sites for hydroxylation is 1. The predicted octanol–water partition coefficient (Wildman–Crippen LogP) is 2.72. The molecule has 0 unspecified atom stereocenters. The highest BCUT2D eigenvalue weighted by Crippen LogP contribution is 2.25. The third-order valence-electron chi connectivity index (χ3n) is 3.09. The molecule has 1 aromatic heterocycles. The van der Waals surface area contributed by atoms with Gasteiger partial charge in [-0.1, -0.05) is 29.8 Å². The predicted molar refractivity (Wildman–Crippen MR) is 97.6 cm³/mol. The zero-order valence-electron chi connectivity index (χ0n) is 14.4. The van der Waals surface area contributed by atoms with E-state index in [0.29, 0.717) is 5.13 Å². The van der Waals surface area contributed by atoms with Crippen LogP contribution in [0, 0.1) is 6.92 Å². The van der Waals surface area contributed by atoms with Crippen molar-refractivity contribution in [3.8, 4) is 11.3 Å². The number of carbonyl (C=O) groups is 3. The number of thiazole rings is 1. The Morgan fingerprint density at radius 3 is 2.42 bits per heavy atom. The van der Waals surface area contributed by atoms with Crippen molar-refractivity contribution in [3.63, 3.8) is 0 Å². The van der Waals surface area contributed by atoms with Gasteiger partial charge >= 0.3 is 11.9 Å². The first kappa shape index (κ1) is 19.3. The van der Waals surface area contributed by atoms with E-state index in [1.54, 1.807) is 6.92 Å². The van der Waals surface area contributed by atoms with Crippen molar-refractivity contribution in [1.29, 1.82) is 0 Å².